The third kappa shape index (κ3) is 3.48. The van der Waals surface area contributed by atoms with E-state index in [1.807, 2.05) is 36.9 Å². The molecule has 1 fully saturated rings. The third-order valence-corrected chi connectivity index (χ3v) is 5.89. The number of nitrogens with zero attached hydrogens (tertiary/aromatic N) is 5. The molecule has 2 aromatic carbocycles. The largest absolute Gasteiger partial charge is 0.437 e. The molecule has 0 spiro atoms. The number of hydrogen-bond acceptors (Lipinski definition) is 5. The summed E-state index contributed by atoms with van der Waals surface area (Å²) in [5, 5.41) is 8.39. The highest BCUT2D eigenvalue weighted by molar-refractivity contribution is 5.98. The highest BCUT2D eigenvalue weighted by Gasteiger charge is 2.34. The van der Waals surface area contributed by atoms with Crippen LogP contribution in [0, 0.1) is 12.7 Å². The highest BCUT2D eigenvalue weighted by Crippen LogP contribution is 2.33. The minimum atomic E-state index is -0.426. The fourth-order valence-electron chi connectivity index (χ4n) is 4.19. The van der Waals surface area contributed by atoms with Crippen LogP contribution in [0.15, 0.2) is 53.2 Å². The van der Waals surface area contributed by atoms with E-state index in [0.717, 1.165) is 18.4 Å². The normalized spacial score (nSPS) is 19.1. The van der Waals surface area contributed by atoms with Gasteiger partial charge in [0.2, 0.25) is 5.89 Å². The Kier molecular flexibility index (Phi) is 4.77. The zero-order valence-corrected chi connectivity index (χ0v) is 17.3. The molecular weight excluding hydrogens is 397 g/mol. The van der Waals surface area contributed by atoms with E-state index >= 15 is 0 Å². The van der Waals surface area contributed by atoms with Crippen molar-refractivity contribution in [2.75, 3.05) is 6.54 Å². The summed E-state index contributed by atoms with van der Waals surface area (Å²) >= 11 is 0. The van der Waals surface area contributed by atoms with Crippen molar-refractivity contribution in [2.24, 2.45) is 0 Å². The molecule has 0 bridgehead atoms. The number of aryl methyl sites for hydroxylation is 1. The van der Waals surface area contributed by atoms with Gasteiger partial charge in [-0.3, -0.25) is 4.79 Å². The SMILES string of the molecule is Cc1ccc(-n2nccn2)c(C(=O)N2C[C@H](c3nc4cccc(F)c4o3)CC[C@H]2C)c1. The number of amides is 1. The first-order valence-electron chi connectivity index (χ1n) is 10.3. The second kappa shape index (κ2) is 7.61. The minimum absolute atomic E-state index is 0.0591. The second-order valence-electron chi connectivity index (χ2n) is 8.06. The topological polar surface area (TPSA) is 77.1 Å². The Hall–Kier alpha value is -3.55. The lowest BCUT2D eigenvalue weighted by Gasteiger charge is -2.37. The molecule has 1 aliphatic rings. The van der Waals surface area contributed by atoms with Gasteiger partial charge in [-0.2, -0.15) is 15.0 Å². The van der Waals surface area contributed by atoms with Crippen molar-refractivity contribution in [2.45, 2.75) is 38.6 Å². The van der Waals surface area contributed by atoms with Crippen LogP contribution in [-0.2, 0) is 0 Å². The first-order chi connectivity index (χ1) is 15.0. The van der Waals surface area contributed by atoms with Gasteiger partial charge in [-0.05, 0) is 51.0 Å². The molecule has 8 heteroatoms. The Morgan fingerprint density at radius 1 is 1.16 bits per heavy atom. The molecule has 5 rings (SSSR count). The molecule has 1 saturated heterocycles. The van der Waals surface area contributed by atoms with E-state index in [9.17, 15) is 9.18 Å². The molecule has 0 unspecified atom stereocenters. The summed E-state index contributed by atoms with van der Waals surface area (Å²) in [5.41, 5.74) is 2.83. The number of likely N-dealkylation sites (tertiary alicyclic amines) is 1. The molecule has 158 valence electrons. The van der Waals surface area contributed by atoms with Gasteiger partial charge in [0.15, 0.2) is 11.4 Å². The number of carbonyl (C=O) groups is 1. The molecule has 0 aliphatic carbocycles. The summed E-state index contributed by atoms with van der Waals surface area (Å²) in [7, 11) is 0. The van der Waals surface area contributed by atoms with E-state index in [4.69, 9.17) is 4.42 Å². The number of para-hydroxylation sites is 1. The fraction of sp³-hybridized carbons (Fsp3) is 0.304. The molecule has 2 aromatic heterocycles. The molecule has 3 heterocycles. The molecule has 0 saturated carbocycles. The van der Waals surface area contributed by atoms with Gasteiger partial charge in [-0.15, -0.1) is 0 Å². The van der Waals surface area contributed by atoms with Gasteiger partial charge in [-0.1, -0.05) is 17.7 Å². The molecule has 31 heavy (non-hydrogen) atoms. The van der Waals surface area contributed by atoms with Gasteiger partial charge in [0.1, 0.15) is 5.52 Å². The first kappa shape index (κ1) is 19.4. The van der Waals surface area contributed by atoms with Crippen molar-refractivity contribution >= 4 is 17.0 Å². The molecule has 0 radical (unpaired) electrons. The lowest BCUT2D eigenvalue weighted by atomic mass is 9.92. The van der Waals surface area contributed by atoms with E-state index in [1.165, 1.54) is 10.9 Å². The Bertz CT molecular complexity index is 1250. The van der Waals surface area contributed by atoms with E-state index in [0.29, 0.717) is 29.2 Å². The Morgan fingerprint density at radius 3 is 2.74 bits per heavy atom. The lowest BCUT2D eigenvalue weighted by molar-refractivity contribution is 0.0597. The third-order valence-electron chi connectivity index (χ3n) is 5.89. The smallest absolute Gasteiger partial charge is 0.256 e. The van der Waals surface area contributed by atoms with Gasteiger partial charge < -0.3 is 9.32 Å². The fourth-order valence-corrected chi connectivity index (χ4v) is 4.19. The van der Waals surface area contributed by atoms with Crippen LogP contribution in [0.1, 0.15) is 47.5 Å². The summed E-state index contributed by atoms with van der Waals surface area (Å²) in [6.45, 7) is 4.45. The summed E-state index contributed by atoms with van der Waals surface area (Å²) in [6.07, 6.45) is 4.79. The van der Waals surface area contributed by atoms with Crippen molar-refractivity contribution < 1.29 is 13.6 Å². The van der Waals surface area contributed by atoms with E-state index in [2.05, 4.69) is 15.2 Å². The van der Waals surface area contributed by atoms with Gasteiger partial charge in [-0.25, -0.2) is 9.37 Å². The minimum Gasteiger partial charge on any atom is -0.437 e. The summed E-state index contributed by atoms with van der Waals surface area (Å²) < 4.78 is 19.8. The van der Waals surface area contributed by atoms with Crippen LogP contribution in [0.2, 0.25) is 0 Å². The van der Waals surface area contributed by atoms with E-state index < -0.39 is 5.82 Å². The number of fused-ring (bicyclic) bond motifs is 1. The monoisotopic (exact) mass is 419 g/mol. The predicted octanol–water partition coefficient (Wildman–Crippen LogP) is 4.26. The Labute approximate surface area is 178 Å². The number of halogens is 1. The van der Waals surface area contributed by atoms with Crippen molar-refractivity contribution in [1.29, 1.82) is 0 Å². The molecule has 0 N–H and O–H groups in total. The predicted molar refractivity (Wildman–Crippen MR) is 113 cm³/mol. The maximum absolute atomic E-state index is 14.1. The maximum atomic E-state index is 14.1. The molecule has 7 nitrogen and oxygen atoms in total. The van der Waals surface area contributed by atoms with Crippen molar-refractivity contribution in [1.82, 2.24) is 24.9 Å². The van der Waals surface area contributed by atoms with Crippen molar-refractivity contribution in [3.8, 4) is 5.69 Å². The van der Waals surface area contributed by atoms with Crippen LogP contribution in [0.4, 0.5) is 4.39 Å². The molecule has 1 amide bonds. The van der Waals surface area contributed by atoms with Crippen LogP contribution in [0.25, 0.3) is 16.8 Å². The highest BCUT2D eigenvalue weighted by atomic mass is 19.1. The Balaban J connectivity index is 1.48. The van der Waals surface area contributed by atoms with Gasteiger partial charge in [0.05, 0.1) is 29.6 Å². The standard InChI is InChI=1S/C23H22FN5O2/c1-14-6-9-20(29-25-10-11-26-29)17(12-14)23(30)28-13-16(8-7-15(28)2)22-27-19-5-3-4-18(24)21(19)31-22/h3-6,9-12,15-16H,7-8,13H2,1-2H3/t15-,16-/m1/s1. The first-order valence-corrected chi connectivity index (χ1v) is 10.3. The van der Waals surface area contributed by atoms with Gasteiger partial charge >= 0.3 is 0 Å². The number of rotatable bonds is 3. The van der Waals surface area contributed by atoms with Crippen LogP contribution >= 0.6 is 0 Å². The van der Waals surface area contributed by atoms with Crippen molar-refractivity contribution in [3.63, 3.8) is 0 Å². The summed E-state index contributed by atoms with van der Waals surface area (Å²) in [4.78, 5) is 21.4. The van der Waals surface area contributed by atoms with E-state index in [-0.39, 0.29) is 23.4 Å². The molecule has 4 aromatic rings. The van der Waals surface area contributed by atoms with Crippen LogP contribution in [-0.4, -0.2) is 43.4 Å². The van der Waals surface area contributed by atoms with Gasteiger partial charge in [0, 0.05) is 12.6 Å². The number of hydrogen-bond donors (Lipinski definition) is 0. The molecular formula is C23H22FN5O2. The summed E-state index contributed by atoms with van der Waals surface area (Å²) in [5.74, 6) is -0.133. The average molecular weight is 419 g/mol. The number of carbonyl (C=O) groups excluding carboxylic acids is 1. The number of benzene rings is 2. The van der Waals surface area contributed by atoms with Crippen molar-refractivity contribution in [3.05, 3.63) is 71.6 Å². The molecule has 2 atom stereocenters. The quantitative estimate of drug-likeness (QED) is 0.496. The average Bonchev–Trinajstić information content (AvgIpc) is 3.44. The number of oxazole rings is 1. The van der Waals surface area contributed by atoms with Crippen LogP contribution < -0.4 is 0 Å². The maximum Gasteiger partial charge on any atom is 0.256 e. The molecule has 1 aliphatic heterocycles. The van der Waals surface area contributed by atoms with E-state index in [1.54, 1.807) is 24.5 Å². The number of piperidine rings is 1. The number of aromatic nitrogens is 4. The second-order valence-corrected chi connectivity index (χ2v) is 8.06. The zero-order chi connectivity index (χ0) is 21.5. The van der Waals surface area contributed by atoms with Gasteiger partial charge in [0.25, 0.3) is 5.91 Å². The van der Waals surface area contributed by atoms with Crippen LogP contribution in [0.5, 0.6) is 0 Å². The lowest BCUT2D eigenvalue weighted by Crippen LogP contribution is -2.45. The Morgan fingerprint density at radius 2 is 1.97 bits per heavy atom. The zero-order valence-electron chi connectivity index (χ0n) is 17.3. The summed E-state index contributed by atoms with van der Waals surface area (Å²) in [6, 6.07) is 10.4. The van der Waals surface area contributed by atoms with Crippen LogP contribution in [0.3, 0.4) is 0 Å².